The predicted molar refractivity (Wildman–Crippen MR) is 133 cm³/mol. The third-order valence-electron chi connectivity index (χ3n) is 5.77. The Kier molecular flexibility index (Phi) is 8.28. The van der Waals surface area contributed by atoms with Crippen molar-refractivity contribution in [3.05, 3.63) is 5.69 Å². The van der Waals surface area contributed by atoms with Gasteiger partial charge in [-0.25, -0.2) is 9.59 Å². The lowest BCUT2D eigenvalue weighted by molar-refractivity contribution is 0.00578. The van der Waals surface area contributed by atoms with Crippen molar-refractivity contribution in [2.24, 2.45) is 0 Å². The first-order valence-electron chi connectivity index (χ1n) is 12.0. The van der Waals surface area contributed by atoms with Gasteiger partial charge in [0.15, 0.2) is 0 Å². The van der Waals surface area contributed by atoms with Crippen molar-refractivity contribution < 1.29 is 33.1 Å². The fourth-order valence-electron chi connectivity index (χ4n) is 3.21. The van der Waals surface area contributed by atoms with Crippen molar-refractivity contribution in [1.29, 1.82) is 0 Å². The second-order valence-corrected chi connectivity index (χ2v) is 11.9. The Morgan fingerprint density at radius 1 is 1.00 bits per heavy atom. The molecule has 10 nitrogen and oxygen atoms in total. The van der Waals surface area contributed by atoms with Crippen molar-refractivity contribution in [3.63, 3.8) is 0 Å². The van der Waals surface area contributed by atoms with Gasteiger partial charge in [-0.05, 0) is 82.6 Å². The van der Waals surface area contributed by atoms with E-state index in [1.54, 1.807) is 34.7 Å². The van der Waals surface area contributed by atoms with E-state index in [1.807, 2.05) is 48.5 Å². The second-order valence-electron chi connectivity index (χ2n) is 11.9. The van der Waals surface area contributed by atoms with Crippen LogP contribution in [0.15, 0.2) is 0 Å². The first-order chi connectivity index (χ1) is 15.7. The van der Waals surface area contributed by atoms with Crippen LogP contribution in [0.2, 0.25) is 0 Å². The zero-order valence-electron chi connectivity index (χ0n) is 23.4. The summed E-state index contributed by atoms with van der Waals surface area (Å²) in [5, 5.41) is 4.39. The zero-order chi connectivity index (χ0) is 27.0. The molecule has 0 unspecified atom stereocenters. The smallest absolute Gasteiger partial charge is 0.477 e. The summed E-state index contributed by atoms with van der Waals surface area (Å²) in [7, 11) is 0.904. The summed E-state index contributed by atoms with van der Waals surface area (Å²) in [4.78, 5) is 26.5. The number of aromatic nitrogens is 2. The van der Waals surface area contributed by atoms with E-state index in [0.29, 0.717) is 24.1 Å². The summed E-state index contributed by atoms with van der Waals surface area (Å²) in [6.45, 7) is 21.1. The molecule has 0 aromatic carbocycles. The summed E-state index contributed by atoms with van der Waals surface area (Å²) >= 11 is 0. The van der Waals surface area contributed by atoms with Crippen LogP contribution >= 0.6 is 0 Å². The molecule has 0 radical (unpaired) electrons. The van der Waals surface area contributed by atoms with Gasteiger partial charge in [-0.3, -0.25) is 0 Å². The molecule has 1 saturated heterocycles. The van der Waals surface area contributed by atoms with Crippen molar-refractivity contribution in [2.45, 2.75) is 105 Å². The summed E-state index contributed by atoms with van der Waals surface area (Å²) < 4.78 is 30.5. The zero-order valence-corrected chi connectivity index (χ0v) is 23.4. The maximum atomic E-state index is 12.8. The van der Waals surface area contributed by atoms with E-state index in [2.05, 4.69) is 5.10 Å². The molecule has 1 aliphatic rings. The van der Waals surface area contributed by atoms with E-state index in [0.717, 1.165) is 0 Å². The molecule has 1 aromatic rings. The predicted octanol–water partition coefficient (Wildman–Crippen LogP) is 3.91. The number of hydrogen-bond donors (Lipinski definition) is 0. The number of ether oxygens (including phenoxy) is 3. The Labute approximate surface area is 209 Å². The molecule has 2 heterocycles. The SMILES string of the molecule is Cc1c(B2OC(C)(C)C(C)(C)O2)c(OCCCN(C)C(=O)OC(C)(C)C)nn1C(=O)OC(C)(C)C. The molecule has 11 heteroatoms. The standard InChI is InChI=1S/C24H42BN3O7/c1-16-17(25-34-23(8,9)24(10,11)35-25)18(26-28(16)20(30)33-22(5,6)7)31-15-13-14-27(12)19(29)32-21(2,3)4/h13-15H2,1-12H3. The van der Waals surface area contributed by atoms with E-state index in [-0.39, 0.29) is 12.5 Å². The Morgan fingerprint density at radius 3 is 2.00 bits per heavy atom. The average molecular weight is 495 g/mol. The Morgan fingerprint density at radius 2 is 1.51 bits per heavy atom. The van der Waals surface area contributed by atoms with Gasteiger partial charge in [0.2, 0.25) is 5.88 Å². The van der Waals surface area contributed by atoms with Gasteiger partial charge in [0.1, 0.15) is 11.2 Å². The maximum Gasteiger partial charge on any atom is 0.502 e. The highest BCUT2D eigenvalue weighted by Gasteiger charge is 2.54. The van der Waals surface area contributed by atoms with Gasteiger partial charge < -0.3 is 28.4 Å². The molecule has 0 spiro atoms. The van der Waals surface area contributed by atoms with Crippen LogP contribution < -0.4 is 10.2 Å². The van der Waals surface area contributed by atoms with Crippen molar-refractivity contribution >= 4 is 24.8 Å². The molecule has 198 valence electrons. The van der Waals surface area contributed by atoms with Gasteiger partial charge in [0.05, 0.1) is 29.0 Å². The summed E-state index contributed by atoms with van der Waals surface area (Å²) in [5.41, 5.74) is -1.36. The number of nitrogens with zero attached hydrogens (tertiary/aromatic N) is 3. The van der Waals surface area contributed by atoms with Gasteiger partial charge in [0, 0.05) is 13.6 Å². The highest BCUT2D eigenvalue weighted by atomic mass is 16.7. The summed E-state index contributed by atoms with van der Waals surface area (Å²) in [6.07, 6.45) is -0.496. The lowest BCUT2D eigenvalue weighted by Gasteiger charge is -2.32. The van der Waals surface area contributed by atoms with E-state index in [4.69, 9.17) is 23.5 Å². The van der Waals surface area contributed by atoms with Crippen molar-refractivity contribution in [1.82, 2.24) is 14.7 Å². The number of carbonyl (C=O) groups is 2. The summed E-state index contributed by atoms with van der Waals surface area (Å²) in [5.74, 6) is 0.229. The Bertz CT molecular complexity index is 913. The molecule has 35 heavy (non-hydrogen) atoms. The van der Waals surface area contributed by atoms with Gasteiger partial charge in [-0.2, -0.15) is 4.68 Å². The number of hydrogen-bond acceptors (Lipinski definition) is 8. The van der Waals surface area contributed by atoms with Crippen LogP contribution in [0.1, 0.15) is 81.4 Å². The Hall–Kier alpha value is -2.27. The molecule has 0 N–H and O–H groups in total. The van der Waals surface area contributed by atoms with Crippen LogP contribution in [0.3, 0.4) is 0 Å². The molecule has 1 aliphatic heterocycles. The molecule has 1 amide bonds. The first kappa shape index (κ1) is 29.0. The highest BCUT2D eigenvalue weighted by molar-refractivity contribution is 6.63. The van der Waals surface area contributed by atoms with Crippen molar-refractivity contribution in [2.75, 3.05) is 20.2 Å². The van der Waals surface area contributed by atoms with E-state index in [9.17, 15) is 9.59 Å². The maximum absolute atomic E-state index is 12.8. The normalized spacial score (nSPS) is 17.3. The second kappa shape index (κ2) is 10.0. The topological polar surface area (TPSA) is 101 Å². The summed E-state index contributed by atoms with van der Waals surface area (Å²) in [6, 6.07) is 0. The molecule has 2 rings (SSSR count). The number of carbonyl (C=O) groups excluding carboxylic acids is 2. The monoisotopic (exact) mass is 495 g/mol. The lowest BCUT2D eigenvalue weighted by atomic mass is 9.79. The fourth-order valence-corrected chi connectivity index (χ4v) is 3.21. The number of rotatable bonds is 6. The van der Waals surface area contributed by atoms with Crippen LogP contribution in [-0.4, -0.2) is 76.6 Å². The van der Waals surface area contributed by atoms with Gasteiger partial charge >= 0.3 is 19.3 Å². The van der Waals surface area contributed by atoms with E-state index in [1.165, 1.54) is 9.58 Å². The van der Waals surface area contributed by atoms with Crippen LogP contribution in [-0.2, 0) is 18.8 Å². The molecule has 1 aromatic heterocycles. The number of amides is 1. The third-order valence-corrected chi connectivity index (χ3v) is 5.77. The quantitative estimate of drug-likeness (QED) is 0.433. The van der Waals surface area contributed by atoms with E-state index >= 15 is 0 Å². The first-order valence-corrected chi connectivity index (χ1v) is 12.0. The molecule has 0 aliphatic carbocycles. The molecular weight excluding hydrogens is 453 g/mol. The Balaban J connectivity index is 2.20. The van der Waals surface area contributed by atoms with Crippen LogP contribution in [0.4, 0.5) is 9.59 Å². The largest absolute Gasteiger partial charge is 0.502 e. The van der Waals surface area contributed by atoms with Crippen molar-refractivity contribution in [3.8, 4) is 5.88 Å². The minimum atomic E-state index is -0.768. The minimum Gasteiger partial charge on any atom is -0.477 e. The fraction of sp³-hybridized carbons (Fsp3) is 0.792. The molecular formula is C24H42BN3O7. The van der Waals surface area contributed by atoms with Crippen LogP contribution in [0, 0.1) is 6.92 Å². The molecule has 0 saturated carbocycles. The van der Waals surface area contributed by atoms with Crippen LogP contribution in [0.5, 0.6) is 5.88 Å². The minimum absolute atomic E-state index is 0.229. The highest BCUT2D eigenvalue weighted by Crippen LogP contribution is 2.37. The lowest BCUT2D eigenvalue weighted by Crippen LogP contribution is -2.41. The average Bonchev–Trinajstić information content (AvgIpc) is 3.07. The van der Waals surface area contributed by atoms with E-state index < -0.39 is 41.7 Å². The molecule has 1 fully saturated rings. The van der Waals surface area contributed by atoms with Gasteiger partial charge in [0.25, 0.3) is 0 Å². The molecule has 0 atom stereocenters. The third kappa shape index (κ3) is 7.36. The van der Waals surface area contributed by atoms with Gasteiger partial charge in [-0.1, -0.05) is 0 Å². The van der Waals surface area contributed by atoms with Gasteiger partial charge in [-0.15, -0.1) is 5.10 Å². The molecule has 0 bridgehead atoms. The van der Waals surface area contributed by atoms with Crippen LogP contribution in [0.25, 0.3) is 0 Å².